The Kier molecular flexibility index (Phi) is 6.24. The molecule has 0 fully saturated rings. The molecule has 0 saturated carbocycles. The number of nitrogens with one attached hydrogen (secondary N) is 1. The molecule has 0 unspecified atom stereocenters. The summed E-state index contributed by atoms with van der Waals surface area (Å²) in [6, 6.07) is 2.54. The molecule has 2 N–H and O–H groups in total. The molecular formula is C14H22N2O4. The van der Waals surface area contributed by atoms with E-state index >= 15 is 0 Å². The van der Waals surface area contributed by atoms with E-state index in [0.717, 1.165) is 0 Å². The fraction of sp³-hybridized carbons (Fsp3) is 0.571. The van der Waals surface area contributed by atoms with E-state index in [2.05, 4.69) is 5.32 Å². The summed E-state index contributed by atoms with van der Waals surface area (Å²) in [5.74, 6) is -1.51. The number of amides is 1. The number of hydrogen-bond acceptors (Lipinski definition) is 3. The minimum atomic E-state index is -1.01. The van der Waals surface area contributed by atoms with Crippen LogP contribution < -0.4 is 5.32 Å². The maximum Gasteiger partial charge on any atom is 0.326 e. The summed E-state index contributed by atoms with van der Waals surface area (Å²) in [6.45, 7) is 4.74. The highest BCUT2D eigenvalue weighted by Crippen LogP contribution is 2.10. The number of carbonyl (C=O) groups excluding carboxylic acids is 1. The zero-order valence-corrected chi connectivity index (χ0v) is 12.1. The molecule has 0 aromatic carbocycles. The van der Waals surface area contributed by atoms with E-state index in [1.807, 2.05) is 13.8 Å². The van der Waals surface area contributed by atoms with Gasteiger partial charge in [0.05, 0.1) is 6.61 Å². The van der Waals surface area contributed by atoms with Crippen molar-refractivity contribution in [3.63, 3.8) is 0 Å². The van der Waals surface area contributed by atoms with Crippen LogP contribution in [0.3, 0.4) is 0 Å². The predicted molar refractivity (Wildman–Crippen MR) is 74.7 cm³/mol. The second-order valence-corrected chi connectivity index (χ2v) is 4.75. The van der Waals surface area contributed by atoms with Crippen molar-refractivity contribution in [1.82, 2.24) is 9.88 Å². The zero-order chi connectivity index (χ0) is 15.1. The molecule has 0 aliphatic carbocycles. The van der Waals surface area contributed by atoms with Gasteiger partial charge in [-0.25, -0.2) is 4.79 Å². The third kappa shape index (κ3) is 4.09. The smallest absolute Gasteiger partial charge is 0.326 e. The van der Waals surface area contributed by atoms with Gasteiger partial charge in [0.2, 0.25) is 0 Å². The van der Waals surface area contributed by atoms with Crippen molar-refractivity contribution in [2.75, 3.05) is 13.7 Å². The monoisotopic (exact) mass is 282 g/mol. The van der Waals surface area contributed by atoms with Gasteiger partial charge >= 0.3 is 5.97 Å². The normalized spacial score (nSPS) is 13.8. The van der Waals surface area contributed by atoms with E-state index in [-0.39, 0.29) is 11.8 Å². The topological polar surface area (TPSA) is 80.6 Å². The Bertz CT molecular complexity index is 456. The fourth-order valence-corrected chi connectivity index (χ4v) is 1.90. The van der Waals surface area contributed by atoms with Crippen LogP contribution in [-0.4, -0.2) is 41.3 Å². The highest BCUT2D eigenvalue weighted by atomic mass is 16.5. The van der Waals surface area contributed by atoms with Gasteiger partial charge in [-0.3, -0.25) is 4.79 Å². The Hall–Kier alpha value is -1.82. The van der Waals surface area contributed by atoms with Gasteiger partial charge in [0.15, 0.2) is 0 Å². The third-order valence-electron chi connectivity index (χ3n) is 3.36. The second kappa shape index (κ2) is 7.69. The van der Waals surface area contributed by atoms with Crippen molar-refractivity contribution in [3.8, 4) is 0 Å². The van der Waals surface area contributed by atoms with Crippen LogP contribution in [0, 0.1) is 5.92 Å². The fourth-order valence-electron chi connectivity index (χ4n) is 1.90. The molecule has 0 saturated heterocycles. The highest BCUT2D eigenvalue weighted by Gasteiger charge is 2.26. The van der Waals surface area contributed by atoms with E-state index in [9.17, 15) is 14.7 Å². The lowest BCUT2D eigenvalue weighted by molar-refractivity contribution is -0.140. The lowest BCUT2D eigenvalue weighted by Gasteiger charge is -2.20. The maximum atomic E-state index is 12.2. The van der Waals surface area contributed by atoms with Crippen molar-refractivity contribution in [2.24, 2.45) is 5.92 Å². The first-order valence-electron chi connectivity index (χ1n) is 6.69. The lowest BCUT2D eigenvalue weighted by Crippen LogP contribution is -2.45. The largest absolute Gasteiger partial charge is 0.480 e. The highest BCUT2D eigenvalue weighted by molar-refractivity contribution is 5.95. The average molecular weight is 282 g/mol. The Morgan fingerprint density at radius 1 is 1.50 bits per heavy atom. The van der Waals surface area contributed by atoms with Crippen molar-refractivity contribution in [3.05, 3.63) is 24.0 Å². The SMILES string of the molecule is CC[C@H](C)[C@H](NC(=O)c1cccn1CCOC)C(=O)O. The number of aromatic nitrogens is 1. The van der Waals surface area contributed by atoms with Crippen molar-refractivity contribution in [1.29, 1.82) is 0 Å². The number of carboxylic acid groups (broad SMARTS) is 1. The predicted octanol–water partition coefficient (Wildman–Crippen LogP) is 1.36. The molecule has 6 nitrogen and oxygen atoms in total. The number of methoxy groups -OCH3 is 1. The molecule has 1 amide bonds. The summed E-state index contributed by atoms with van der Waals surface area (Å²) in [4.78, 5) is 23.4. The minimum Gasteiger partial charge on any atom is -0.480 e. The molecule has 20 heavy (non-hydrogen) atoms. The van der Waals surface area contributed by atoms with Gasteiger partial charge in [-0.05, 0) is 18.1 Å². The van der Waals surface area contributed by atoms with Gasteiger partial charge in [0, 0.05) is 19.9 Å². The van der Waals surface area contributed by atoms with Gasteiger partial charge in [0.1, 0.15) is 11.7 Å². The zero-order valence-electron chi connectivity index (χ0n) is 12.1. The quantitative estimate of drug-likeness (QED) is 0.754. The molecular weight excluding hydrogens is 260 g/mol. The molecule has 0 radical (unpaired) electrons. The Labute approximate surface area is 118 Å². The molecule has 112 valence electrons. The van der Waals surface area contributed by atoms with Crippen LogP contribution in [0.25, 0.3) is 0 Å². The van der Waals surface area contributed by atoms with E-state index in [1.165, 1.54) is 0 Å². The number of ether oxygens (including phenoxy) is 1. The first kappa shape index (κ1) is 16.2. The molecule has 0 aliphatic heterocycles. The summed E-state index contributed by atoms with van der Waals surface area (Å²) in [6.07, 6.45) is 2.45. The molecule has 2 atom stereocenters. The Morgan fingerprint density at radius 2 is 2.20 bits per heavy atom. The summed E-state index contributed by atoms with van der Waals surface area (Å²) in [5.41, 5.74) is 0.441. The number of aliphatic carboxylic acids is 1. The van der Waals surface area contributed by atoms with Crippen LogP contribution in [0.2, 0.25) is 0 Å². The molecule has 1 rings (SSSR count). The average Bonchev–Trinajstić information content (AvgIpc) is 2.89. The van der Waals surface area contributed by atoms with E-state index in [0.29, 0.717) is 25.3 Å². The van der Waals surface area contributed by atoms with Crippen molar-refractivity contribution in [2.45, 2.75) is 32.9 Å². The van der Waals surface area contributed by atoms with Crippen LogP contribution in [0.5, 0.6) is 0 Å². The molecule has 0 aliphatic rings. The number of carboxylic acids is 1. The van der Waals surface area contributed by atoms with Crippen LogP contribution in [0.4, 0.5) is 0 Å². The number of rotatable bonds is 8. The Balaban J connectivity index is 2.79. The third-order valence-corrected chi connectivity index (χ3v) is 3.36. The molecule has 0 spiro atoms. The van der Waals surface area contributed by atoms with Gasteiger partial charge in [-0.2, -0.15) is 0 Å². The van der Waals surface area contributed by atoms with Crippen LogP contribution in [0.15, 0.2) is 18.3 Å². The van der Waals surface area contributed by atoms with Crippen LogP contribution >= 0.6 is 0 Å². The van der Waals surface area contributed by atoms with Crippen LogP contribution in [0.1, 0.15) is 30.8 Å². The van der Waals surface area contributed by atoms with E-state index in [4.69, 9.17) is 4.74 Å². The van der Waals surface area contributed by atoms with Gasteiger partial charge < -0.3 is 19.7 Å². The summed E-state index contributed by atoms with van der Waals surface area (Å²) in [7, 11) is 1.59. The molecule has 6 heteroatoms. The summed E-state index contributed by atoms with van der Waals surface area (Å²) < 4.78 is 6.72. The van der Waals surface area contributed by atoms with E-state index in [1.54, 1.807) is 30.0 Å². The molecule has 1 aromatic rings. The van der Waals surface area contributed by atoms with E-state index < -0.39 is 12.0 Å². The Morgan fingerprint density at radius 3 is 2.75 bits per heavy atom. The summed E-state index contributed by atoms with van der Waals surface area (Å²) in [5, 5.41) is 11.8. The number of hydrogen-bond donors (Lipinski definition) is 2. The van der Waals surface area contributed by atoms with Crippen molar-refractivity contribution >= 4 is 11.9 Å². The minimum absolute atomic E-state index is 0.126. The first-order valence-corrected chi connectivity index (χ1v) is 6.69. The second-order valence-electron chi connectivity index (χ2n) is 4.75. The van der Waals surface area contributed by atoms with Gasteiger partial charge in [-0.15, -0.1) is 0 Å². The van der Waals surface area contributed by atoms with Gasteiger partial charge in [0.25, 0.3) is 5.91 Å². The lowest BCUT2D eigenvalue weighted by atomic mass is 9.99. The number of carbonyl (C=O) groups is 2. The standard InChI is InChI=1S/C14H22N2O4/c1-4-10(2)12(14(18)19)15-13(17)11-6-5-7-16(11)8-9-20-3/h5-7,10,12H,4,8-9H2,1-3H3,(H,15,17)(H,18,19)/t10-,12-/m0/s1. The van der Waals surface area contributed by atoms with Crippen LogP contribution in [-0.2, 0) is 16.1 Å². The van der Waals surface area contributed by atoms with Gasteiger partial charge in [-0.1, -0.05) is 20.3 Å². The molecule has 0 bridgehead atoms. The molecule has 1 aromatic heterocycles. The first-order chi connectivity index (χ1) is 9.51. The maximum absolute atomic E-state index is 12.2. The molecule has 1 heterocycles. The van der Waals surface area contributed by atoms with Crippen molar-refractivity contribution < 1.29 is 19.4 Å². The summed E-state index contributed by atoms with van der Waals surface area (Å²) >= 11 is 0. The number of nitrogens with zero attached hydrogens (tertiary/aromatic N) is 1.